The van der Waals surface area contributed by atoms with Crippen LogP contribution in [0.3, 0.4) is 0 Å². The number of benzene rings is 3. The highest BCUT2D eigenvalue weighted by molar-refractivity contribution is 7.92. The molecule has 3 aromatic carbocycles. The Kier molecular flexibility index (Phi) is 7.61. The first kappa shape index (κ1) is 26.7. The number of carbonyl (C=O) groups is 1. The highest BCUT2D eigenvalue weighted by Gasteiger charge is 2.36. The number of carboxylic acid groups (broad SMARTS) is 1. The number of hydrogen-bond acceptors (Lipinski definition) is 5. The van der Waals surface area contributed by atoms with Gasteiger partial charge in [0, 0.05) is 5.02 Å². The highest BCUT2D eigenvalue weighted by Crippen LogP contribution is 2.41. The van der Waals surface area contributed by atoms with Gasteiger partial charge in [0.1, 0.15) is 17.6 Å². The molecule has 0 saturated carbocycles. The number of halogens is 3. The summed E-state index contributed by atoms with van der Waals surface area (Å²) in [4.78, 5) is 11.5. The molecule has 1 N–H and O–H groups in total. The quantitative estimate of drug-likeness (QED) is 0.370. The standard InChI is InChI=1S/C26H24ClF2NO6S/c1-15-4-3-5-22(8-15)37(33,34)30-14-21(9-16(2)25(31)32)35-24-7-6-17(12-23(24)30)18-10-19(27)13-20(11-18)36-26(28)29/h3-8,10-13,16,21,26H,9,14H2,1-2H3,(H,31,32)/t16-,21-/m0/s1. The van der Waals surface area contributed by atoms with Crippen LogP contribution in [0.25, 0.3) is 11.1 Å². The number of aryl methyl sites for hydroxylation is 1. The molecule has 2 atom stereocenters. The first-order chi connectivity index (χ1) is 17.4. The molecule has 1 aliphatic heterocycles. The monoisotopic (exact) mass is 551 g/mol. The third kappa shape index (κ3) is 5.97. The number of aliphatic carboxylic acids is 1. The van der Waals surface area contributed by atoms with Crippen molar-refractivity contribution in [2.45, 2.75) is 37.9 Å². The number of anilines is 1. The Balaban J connectivity index is 1.81. The van der Waals surface area contributed by atoms with Crippen molar-refractivity contribution in [2.24, 2.45) is 5.92 Å². The van der Waals surface area contributed by atoms with Crippen molar-refractivity contribution in [3.63, 3.8) is 0 Å². The number of fused-ring (bicyclic) bond motifs is 1. The normalized spacial score (nSPS) is 16.2. The van der Waals surface area contributed by atoms with Gasteiger partial charge in [0.05, 0.1) is 23.0 Å². The second-order valence-corrected chi connectivity index (χ2v) is 11.1. The fourth-order valence-electron chi connectivity index (χ4n) is 4.14. The third-order valence-corrected chi connectivity index (χ3v) is 7.93. The van der Waals surface area contributed by atoms with E-state index in [1.807, 2.05) is 0 Å². The minimum absolute atomic E-state index is 0.0751. The minimum Gasteiger partial charge on any atom is -0.486 e. The summed E-state index contributed by atoms with van der Waals surface area (Å²) in [6.45, 7) is 0.157. The molecule has 7 nitrogen and oxygen atoms in total. The van der Waals surface area contributed by atoms with E-state index in [1.54, 1.807) is 49.4 Å². The van der Waals surface area contributed by atoms with Crippen LogP contribution in [0.1, 0.15) is 18.9 Å². The largest absolute Gasteiger partial charge is 0.486 e. The van der Waals surface area contributed by atoms with Gasteiger partial charge in [-0.1, -0.05) is 36.7 Å². The van der Waals surface area contributed by atoms with E-state index in [9.17, 15) is 27.1 Å². The zero-order chi connectivity index (χ0) is 26.9. The van der Waals surface area contributed by atoms with Gasteiger partial charge >= 0.3 is 12.6 Å². The van der Waals surface area contributed by atoms with Crippen LogP contribution < -0.4 is 13.8 Å². The molecule has 1 heterocycles. The van der Waals surface area contributed by atoms with Gasteiger partial charge in [0.25, 0.3) is 10.0 Å². The van der Waals surface area contributed by atoms with Crippen LogP contribution in [0.5, 0.6) is 11.5 Å². The lowest BCUT2D eigenvalue weighted by Gasteiger charge is -2.36. The summed E-state index contributed by atoms with van der Waals surface area (Å²) in [5.41, 5.74) is 1.91. The smallest absolute Gasteiger partial charge is 0.387 e. The molecule has 1 aliphatic rings. The molecule has 37 heavy (non-hydrogen) atoms. The van der Waals surface area contributed by atoms with E-state index in [1.165, 1.54) is 29.4 Å². The van der Waals surface area contributed by atoms with Gasteiger partial charge < -0.3 is 14.6 Å². The Morgan fingerprint density at radius 3 is 2.59 bits per heavy atom. The Morgan fingerprint density at radius 1 is 1.16 bits per heavy atom. The molecule has 0 bridgehead atoms. The second-order valence-electron chi connectivity index (χ2n) is 8.80. The van der Waals surface area contributed by atoms with E-state index in [0.717, 1.165) is 5.56 Å². The van der Waals surface area contributed by atoms with Crippen molar-refractivity contribution in [3.8, 4) is 22.6 Å². The Labute approximate surface area is 218 Å². The molecule has 0 aliphatic carbocycles. The van der Waals surface area contributed by atoms with Crippen molar-refractivity contribution >= 4 is 33.3 Å². The van der Waals surface area contributed by atoms with Crippen molar-refractivity contribution < 1.29 is 36.6 Å². The number of rotatable bonds is 8. The van der Waals surface area contributed by atoms with Gasteiger partial charge in [-0.3, -0.25) is 9.10 Å². The Hall–Kier alpha value is -3.37. The van der Waals surface area contributed by atoms with Crippen LogP contribution in [0.4, 0.5) is 14.5 Å². The molecule has 0 amide bonds. The van der Waals surface area contributed by atoms with Crippen LogP contribution >= 0.6 is 11.6 Å². The van der Waals surface area contributed by atoms with Crippen LogP contribution in [0.15, 0.2) is 65.6 Å². The summed E-state index contributed by atoms with van der Waals surface area (Å²) in [5.74, 6) is -1.66. The van der Waals surface area contributed by atoms with E-state index in [-0.39, 0.29) is 40.1 Å². The van der Waals surface area contributed by atoms with Crippen LogP contribution in [0, 0.1) is 12.8 Å². The van der Waals surface area contributed by atoms with E-state index in [2.05, 4.69) is 4.74 Å². The van der Waals surface area contributed by atoms with Crippen molar-refractivity contribution in [1.29, 1.82) is 0 Å². The molecule has 4 rings (SSSR count). The van der Waals surface area contributed by atoms with Gasteiger partial charge in [-0.15, -0.1) is 0 Å². The van der Waals surface area contributed by atoms with Gasteiger partial charge in [0.2, 0.25) is 0 Å². The molecule has 0 unspecified atom stereocenters. The predicted octanol–water partition coefficient (Wildman–Crippen LogP) is 5.98. The van der Waals surface area contributed by atoms with Gasteiger partial charge in [-0.2, -0.15) is 8.78 Å². The van der Waals surface area contributed by atoms with Crippen LogP contribution in [-0.4, -0.2) is 38.8 Å². The average molecular weight is 552 g/mol. The lowest BCUT2D eigenvalue weighted by molar-refractivity contribution is -0.142. The minimum atomic E-state index is -4.06. The lowest BCUT2D eigenvalue weighted by Crippen LogP contribution is -2.44. The van der Waals surface area contributed by atoms with Crippen molar-refractivity contribution in [1.82, 2.24) is 0 Å². The number of ether oxygens (including phenoxy) is 2. The maximum Gasteiger partial charge on any atom is 0.387 e. The van der Waals surface area contributed by atoms with Gasteiger partial charge in [0.15, 0.2) is 0 Å². The van der Waals surface area contributed by atoms with Crippen molar-refractivity contribution in [2.75, 3.05) is 10.8 Å². The van der Waals surface area contributed by atoms with E-state index in [4.69, 9.17) is 16.3 Å². The Morgan fingerprint density at radius 2 is 1.92 bits per heavy atom. The topological polar surface area (TPSA) is 93.1 Å². The number of sulfonamides is 1. The maximum atomic E-state index is 13.8. The number of carboxylic acids is 1. The molecular weight excluding hydrogens is 528 g/mol. The SMILES string of the molecule is Cc1cccc(S(=O)(=O)N2C[C@H](C[C@H](C)C(=O)O)Oc3ccc(-c4cc(Cl)cc(OC(F)F)c4)cc32)c1. The van der Waals surface area contributed by atoms with Crippen LogP contribution in [-0.2, 0) is 14.8 Å². The first-order valence-corrected chi connectivity index (χ1v) is 13.1. The molecular formula is C26H24ClF2NO6S. The summed E-state index contributed by atoms with van der Waals surface area (Å²) in [5, 5.41) is 9.51. The fourth-order valence-corrected chi connectivity index (χ4v) is 5.97. The van der Waals surface area contributed by atoms with E-state index >= 15 is 0 Å². The van der Waals surface area contributed by atoms with Gasteiger partial charge in [-0.05, 0) is 72.5 Å². The summed E-state index contributed by atoms with van der Waals surface area (Å²) in [6, 6.07) is 15.4. The lowest BCUT2D eigenvalue weighted by atomic mass is 10.0. The molecule has 0 spiro atoms. The molecule has 0 aromatic heterocycles. The summed E-state index contributed by atoms with van der Waals surface area (Å²) < 4.78 is 64.8. The molecule has 11 heteroatoms. The number of nitrogens with zero attached hydrogens (tertiary/aromatic N) is 1. The molecule has 0 fully saturated rings. The van der Waals surface area contributed by atoms with E-state index < -0.39 is 34.6 Å². The third-order valence-electron chi connectivity index (χ3n) is 5.94. The summed E-state index contributed by atoms with van der Waals surface area (Å²) in [6.07, 6.45) is -0.611. The van der Waals surface area contributed by atoms with E-state index in [0.29, 0.717) is 11.1 Å². The molecule has 0 radical (unpaired) electrons. The zero-order valence-corrected chi connectivity index (χ0v) is 21.5. The zero-order valence-electron chi connectivity index (χ0n) is 19.9. The molecule has 3 aromatic rings. The molecule has 0 saturated heterocycles. The van der Waals surface area contributed by atoms with Crippen molar-refractivity contribution in [3.05, 3.63) is 71.2 Å². The highest BCUT2D eigenvalue weighted by atomic mass is 35.5. The summed E-state index contributed by atoms with van der Waals surface area (Å²) >= 11 is 6.11. The van der Waals surface area contributed by atoms with Gasteiger partial charge in [-0.25, -0.2) is 8.42 Å². The number of hydrogen-bond donors (Lipinski definition) is 1. The maximum absolute atomic E-state index is 13.8. The first-order valence-electron chi connectivity index (χ1n) is 11.3. The average Bonchev–Trinajstić information content (AvgIpc) is 2.82. The Bertz CT molecular complexity index is 1430. The molecule has 196 valence electrons. The summed E-state index contributed by atoms with van der Waals surface area (Å²) in [7, 11) is -4.06. The number of alkyl halides is 2. The predicted molar refractivity (Wildman–Crippen MR) is 135 cm³/mol. The second kappa shape index (κ2) is 10.5. The van der Waals surface area contributed by atoms with Crippen LogP contribution in [0.2, 0.25) is 5.02 Å². The fraction of sp³-hybridized carbons (Fsp3) is 0.269.